The van der Waals surface area contributed by atoms with Crippen LogP contribution in [0.15, 0.2) is 72.9 Å². The maximum atomic E-state index is 14.7. The largest absolute Gasteiger partial charge is 0.465 e. The molecule has 0 aliphatic rings. The molecule has 0 saturated carbocycles. The highest BCUT2D eigenvalue weighted by Gasteiger charge is 2.15. The van der Waals surface area contributed by atoms with Crippen LogP contribution in [0.1, 0.15) is 20.7 Å². The van der Waals surface area contributed by atoms with Gasteiger partial charge < -0.3 is 20.7 Å². The molecule has 8 nitrogen and oxygen atoms in total. The molecule has 0 atom stereocenters. The average molecular weight is 510 g/mol. The van der Waals surface area contributed by atoms with Crippen molar-refractivity contribution in [3.8, 4) is 0 Å². The summed E-state index contributed by atoms with van der Waals surface area (Å²) < 4.78 is 33.7. The molecule has 11 heteroatoms. The van der Waals surface area contributed by atoms with Gasteiger partial charge in [0.1, 0.15) is 5.82 Å². The van der Waals surface area contributed by atoms with Gasteiger partial charge in [-0.2, -0.15) is 4.98 Å². The second-order valence-electron chi connectivity index (χ2n) is 7.34. The molecule has 4 rings (SSSR count). The number of carbonyl (C=O) groups excluding carboxylic acids is 2. The lowest BCUT2D eigenvalue weighted by Crippen LogP contribution is -2.14. The standard InChI is InChI=1S/C25H18ClF2N5O3/c1-36-24(35)14-6-8-15(9-7-14)31-25-29-13-20(28)22(33-25)30-16-10-11-17(19(27)12-16)23(34)32-21-5-3-2-4-18(21)26/h2-13H,1H3,(H,32,34)(H2,29,30,31,33). The van der Waals surface area contributed by atoms with Crippen molar-refractivity contribution >= 4 is 52.3 Å². The van der Waals surface area contributed by atoms with Crippen LogP contribution in [0, 0.1) is 11.6 Å². The number of nitrogens with one attached hydrogen (secondary N) is 3. The molecule has 1 aromatic heterocycles. The van der Waals surface area contributed by atoms with Crippen molar-refractivity contribution in [3.63, 3.8) is 0 Å². The third kappa shape index (κ3) is 5.73. The number of halogens is 3. The van der Waals surface area contributed by atoms with Crippen molar-refractivity contribution in [2.24, 2.45) is 0 Å². The summed E-state index contributed by atoms with van der Waals surface area (Å²) in [5.41, 5.74) is 1.18. The van der Waals surface area contributed by atoms with Gasteiger partial charge in [-0.3, -0.25) is 4.79 Å². The van der Waals surface area contributed by atoms with Gasteiger partial charge >= 0.3 is 5.97 Å². The van der Waals surface area contributed by atoms with Crippen LogP contribution < -0.4 is 16.0 Å². The van der Waals surface area contributed by atoms with E-state index in [9.17, 15) is 18.4 Å². The van der Waals surface area contributed by atoms with E-state index in [0.717, 1.165) is 12.3 Å². The molecule has 0 aliphatic heterocycles. The van der Waals surface area contributed by atoms with Crippen LogP contribution in [0.4, 0.5) is 37.6 Å². The minimum atomic E-state index is -0.830. The topological polar surface area (TPSA) is 105 Å². The Hall–Kier alpha value is -4.57. The number of rotatable bonds is 7. The first-order valence-corrected chi connectivity index (χ1v) is 10.8. The number of ether oxygens (including phenoxy) is 1. The fourth-order valence-corrected chi connectivity index (χ4v) is 3.30. The Bertz CT molecular complexity index is 1430. The van der Waals surface area contributed by atoms with Crippen LogP contribution in [0.3, 0.4) is 0 Å². The quantitative estimate of drug-likeness (QED) is 0.265. The first-order valence-electron chi connectivity index (χ1n) is 10.4. The molecule has 0 radical (unpaired) electrons. The second-order valence-corrected chi connectivity index (χ2v) is 7.74. The number of methoxy groups -OCH3 is 1. The highest BCUT2D eigenvalue weighted by molar-refractivity contribution is 6.33. The Morgan fingerprint density at radius 2 is 1.64 bits per heavy atom. The maximum absolute atomic E-state index is 14.7. The lowest BCUT2D eigenvalue weighted by atomic mass is 10.1. The van der Waals surface area contributed by atoms with Crippen LogP contribution in [-0.4, -0.2) is 29.0 Å². The predicted octanol–water partition coefficient (Wildman–Crippen LogP) is 5.93. The number of hydrogen-bond acceptors (Lipinski definition) is 7. The van der Waals surface area contributed by atoms with Gasteiger partial charge in [0, 0.05) is 11.4 Å². The summed E-state index contributed by atoms with van der Waals surface area (Å²) in [5, 5.41) is 8.42. The Labute approximate surface area is 209 Å². The van der Waals surface area contributed by atoms with Gasteiger partial charge in [0.15, 0.2) is 11.6 Å². The molecular formula is C25H18ClF2N5O3. The van der Waals surface area contributed by atoms with E-state index < -0.39 is 23.5 Å². The molecule has 3 N–H and O–H groups in total. The fraction of sp³-hybridized carbons (Fsp3) is 0.0400. The minimum absolute atomic E-state index is 0.0564. The number of hydrogen-bond donors (Lipinski definition) is 3. The van der Waals surface area contributed by atoms with Crippen LogP contribution in [0.2, 0.25) is 5.02 Å². The molecule has 4 aromatic rings. The molecule has 0 spiro atoms. The first kappa shape index (κ1) is 24.6. The van der Waals surface area contributed by atoms with Gasteiger partial charge in [-0.05, 0) is 54.6 Å². The molecule has 36 heavy (non-hydrogen) atoms. The number of nitrogens with zero attached hydrogens (tertiary/aromatic N) is 2. The van der Waals surface area contributed by atoms with Gasteiger partial charge in [-0.25, -0.2) is 18.6 Å². The smallest absolute Gasteiger partial charge is 0.337 e. The number of aromatic nitrogens is 2. The molecule has 0 fully saturated rings. The summed E-state index contributed by atoms with van der Waals surface area (Å²) in [6.07, 6.45) is 0.947. The van der Waals surface area contributed by atoms with E-state index in [-0.39, 0.29) is 23.0 Å². The Morgan fingerprint density at radius 3 is 2.33 bits per heavy atom. The highest BCUT2D eigenvalue weighted by atomic mass is 35.5. The van der Waals surface area contributed by atoms with Crippen LogP contribution in [0.5, 0.6) is 0 Å². The Morgan fingerprint density at radius 1 is 0.917 bits per heavy atom. The number of carbonyl (C=O) groups is 2. The van der Waals surface area contributed by atoms with E-state index in [2.05, 4.69) is 30.7 Å². The van der Waals surface area contributed by atoms with Gasteiger partial charge in [0.25, 0.3) is 5.91 Å². The SMILES string of the molecule is COC(=O)c1ccc(Nc2ncc(F)c(Nc3ccc(C(=O)Nc4ccccc4Cl)c(F)c3)n2)cc1. The normalized spacial score (nSPS) is 10.4. The third-order valence-corrected chi connectivity index (χ3v) is 5.23. The van der Waals surface area contributed by atoms with Crippen LogP contribution in [0.25, 0.3) is 0 Å². The van der Waals surface area contributed by atoms with E-state index in [0.29, 0.717) is 22.0 Å². The van der Waals surface area contributed by atoms with Crippen molar-refractivity contribution in [2.75, 3.05) is 23.1 Å². The Balaban J connectivity index is 1.47. The second kappa shape index (κ2) is 10.8. The lowest BCUT2D eigenvalue weighted by molar-refractivity contribution is 0.0600. The van der Waals surface area contributed by atoms with Gasteiger partial charge in [-0.1, -0.05) is 23.7 Å². The van der Waals surface area contributed by atoms with E-state index in [1.165, 1.54) is 19.2 Å². The van der Waals surface area contributed by atoms with Gasteiger partial charge in [0.05, 0.1) is 35.1 Å². The van der Waals surface area contributed by atoms with Gasteiger partial charge in [-0.15, -0.1) is 0 Å². The van der Waals surface area contributed by atoms with Crippen molar-refractivity contribution in [3.05, 3.63) is 101 Å². The summed E-state index contributed by atoms with van der Waals surface area (Å²) in [4.78, 5) is 32.0. The van der Waals surface area contributed by atoms with Crippen LogP contribution >= 0.6 is 11.6 Å². The van der Waals surface area contributed by atoms with E-state index >= 15 is 0 Å². The number of esters is 1. The number of benzene rings is 3. The van der Waals surface area contributed by atoms with E-state index in [1.54, 1.807) is 48.5 Å². The first-order chi connectivity index (χ1) is 17.3. The number of anilines is 5. The summed E-state index contributed by atoms with van der Waals surface area (Å²) >= 11 is 6.03. The molecular weight excluding hydrogens is 492 g/mol. The Kier molecular flexibility index (Phi) is 7.36. The summed E-state index contributed by atoms with van der Waals surface area (Å²) in [5.74, 6) is -2.94. The number of amides is 1. The zero-order valence-electron chi connectivity index (χ0n) is 18.7. The lowest BCUT2D eigenvalue weighted by Gasteiger charge is -2.11. The van der Waals surface area contributed by atoms with E-state index in [4.69, 9.17) is 11.6 Å². The molecule has 1 amide bonds. The molecule has 182 valence electrons. The zero-order valence-corrected chi connectivity index (χ0v) is 19.4. The summed E-state index contributed by atoms with van der Waals surface area (Å²) in [7, 11) is 1.28. The molecule has 0 aliphatic carbocycles. The fourth-order valence-electron chi connectivity index (χ4n) is 3.12. The van der Waals surface area contributed by atoms with Crippen LogP contribution in [-0.2, 0) is 4.74 Å². The molecule has 1 heterocycles. The molecule has 0 unspecified atom stereocenters. The molecule has 0 saturated heterocycles. The molecule has 0 bridgehead atoms. The highest BCUT2D eigenvalue weighted by Crippen LogP contribution is 2.25. The monoisotopic (exact) mass is 509 g/mol. The average Bonchev–Trinajstić information content (AvgIpc) is 2.87. The zero-order chi connectivity index (χ0) is 25.7. The van der Waals surface area contributed by atoms with Crippen molar-refractivity contribution in [1.82, 2.24) is 9.97 Å². The number of para-hydroxylation sites is 1. The third-order valence-electron chi connectivity index (χ3n) is 4.90. The summed E-state index contributed by atoms with van der Waals surface area (Å²) in [6, 6.07) is 16.6. The minimum Gasteiger partial charge on any atom is -0.465 e. The van der Waals surface area contributed by atoms with Gasteiger partial charge in [0.2, 0.25) is 5.95 Å². The van der Waals surface area contributed by atoms with Crippen molar-refractivity contribution in [2.45, 2.75) is 0 Å². The van der Waals surface area contributed by atoms with E-state index in [1.807, 2.05) is 0 Å². The van der Waals surface area contributed by atoms with Crippen molar-refractivity contribution < 1.29 is 23.1 Å². The molecule has 3 aromatic carbocycles. The summed E-state index contributed by atoms with van der Waals surface area (Å²) in [6.45, 7) is 0. The van der Waals surface area contributed by atoms with Crippen molar-refractivity contribution in [1.29, 1.82) is 0 Å². The predicted molar refractivity (Wildman–Crippen MR) is 132 cm³/mol. The maximum Gasteiger partial charge on any atom is 0.337 e.